The fourth-order valence-corrected chi connectivity index (χ4v) is 2.65. The molecule has 7 heteroatoms. The fraction of sp³-hybridized carbons (Fsp3) is 0.889. The van der Waals surface area contributed by atoms with Crippen molar-refractivity contribution in [2.75, 3.05) is 33.7 Å². The van der Waals surface area contributed by atoms with Crippen LogP contribution in [0.5, 0.6) is 0 Å². The molecule has 6 nitrogen and oxygen atoms in total. The molecule has 0 spiro atoms. The predicted octanol–water partition coefficient (Wildman–Crippen LogP) is 3.56. The molecule has 1 heterocycles. The summed E-state index contributed by atoms with van der Waals surface area (Å²) >= 11 is 0. The van der Waals surface area contributed by atoms with E-state index in [1.54, 1.807) is 11.9 Å². The highest BCUT2D eigenvalue weighted by atomic mass is 127. The second-order valence-electron chi connectivity index (χ2n) is 7.87. The molecule has 1 aliphatic rings. The average Bonchev–Trinajstić information content (AvgIpc) is 2.50. The zero-order chi connectivity index (χ0) is 18.3. The molecule has 1 rings (SSSR count). The number of piperidine rings is 1. The van der Waals surface area contributed by atoms with Crippen molar-refractivity contribution in [1.82, 2.24) is 15.1 Å². The molecular formula is C18H37IN4O2. The highest BCUT2D eigenvalue weighted by molar-refractivity contribution is 14.0. The van der Waals surface area contributed by atoms with Crippen molar-refractivity contribution < 1.29 is 9.53 Å². The summed E-state index contributed by atoms with van der Waals surface area (Å²) in [6, 6.07) is 0.104. The zero-order valence-electron chi connectivity index (χ0n) is 17.0. The summed E-state index contributed by atoms with van der Waals surface area (Å²) in [7, 11) is 3.62. The first-order chi connectivity index (χ1) is 11.1. The van der Waals surface area contributed by atoms with E-state index in [0.717, 1.165) is 37.9 Å². The Labute approximate surface area is 170 Å². The molecule has 0 bridgehead atoms. The number of nitrogens with one attached hydrogen (secondary N) is 1. The molecule has 1 saturated heterocycles. The highest BCUT2D eigenvalue weighted by Gasteiger charge is 2.23. The third kappa shape index (κ3) is 8.96. The predicted molar refractivity (Wildman–Crippen MR) is 115 cm³/mol. The minimum atomic E-state index is -0.462. The first kappa shape index (κ1) is 24.3. The summed E-state index contributed by atoms with van der Waals surface area (Å²) in [4.78, 5) is 20.5. The van der Waals surface area contributed by atoms with E-state index >= 15 is 0 Å². The van der Waals surface area contributed by atoms with Gasteiger partial charge in [0, 0.05) is 39.8 Å². The van der Waals surface area contributed by atoms with Gasteiger partial charge in [-0.1, -0.05) is 6.92 Å². The van der Waals surface area contributed by atoms with Crippen molar-refractivity contribution in [2.24, 2.45) is 10.9 Å². The summed E-state index contributed by atoms with van der Waals surface area (Å²) in [6.45, 7) is 12.9. The van der Waals surface area contributed by atoms with Crippen LogP contribution in [0.3, 0.4) is 0 Å². The minimum Gasteiger partial charge on any atom is -0.444 e. The van der Waals surface area contributed by atoms with E-state index in [4.69, 9.17) is 4.74 Å². The van der Waals surface area contributed by atoms with E-state index in [1.807, 2.05) is 34.7 Å². The number of aliphatic imine (C=N–C) groups is 1. The Kier molecular flexibility index (Phi) is 10.8. The lowest BCUT2D eigenvalue weighted by Gasteiger charge is -2.33. The smallest absolute Gasteiger partial charge is 0.410 e. The van der Waals surface area contributed by atoms with Gasteiger partial charge in [-0.3, -0.25) is 4.99 Å². The lowest BCUT2D eigenvalue weighted by atomic mass is 10.00. The van der Waals surface area contributed by atoms with E-state index in [1.165, 1.54) is 12.8 Å². The van der Waals surface area contributed by atoms with Gasteiger partial charge in [0.05, 0.1) is 0 Å². The van der Waals surface area contributed by atoms with Gasteiger partial charge in [0.1, 0.15) is 5.60 Å². The molecule has 0 saturated carbocycles. The number of hydrogen-bond acceptors (Lipinski definition) is 3. The Balaban J connectivity index is 0.00000576. The molecule has 0 radical (unpaired) electrons. The summed E-state index contributed by atoms with van der Waals surface area (Å²) in [5.41, 5.74) is -0.462. The molecule has 1 fully saturated rings. The van der Waals surface area contributed by atoms with Crippen LogP contribution in [0.25, 0.3) is 0 Å². The van der Waals surface area contributed by atoms with Crippen LogP contribution in [-0.4, -0.2) is 67.2 Å². The number of guanidine groups is 1. The summed E-state index contributed by atoms with van der Waals surface area (Å²) in [6.07, 6.45) is 3.01. The van der Waals surface area contributed by atoms with Crippen LogP contribution in [0.2, 0.25) is 0 Å². The van der Waals surface area contributed by atoms with Crippen LogP contribution >= 0.6 is 24.0 Å². The maximum Gasteiger partial charge on any atom is 0.410 e. The van der Waals surface area contributed by atoms with Crippen molar-refractivity contribution in [2.45, 2.75) is 65.5 Å². The molecule has 1 atom stereocenters. The van der Waals surface area contributed by atoms with Gasteiger partial charge in [-0.2, -0.15) is 0 Å². The molecule has 1 aliphatic heterocycles. The van der Waals surface area contributed by atoms with Crippen LogP contribution < -0.4 is 5.32 Å². The van der Waals surface area contributed by atoms with E-state index < -0.39 is 5.60 Å². The maximum atomic E-state index is 12.1. The molecule has 25 heavy (non-hydrogen) atoms. The van der Waals surface area contributed by atoms with Crippen molar-refractivity contribution in [3.63, 3.8) is 0 Å². The number of carbonyl (C=O) groups is 1. The van der Waals surface area contributed by atoms with Gasteiger partial charge >= 0.3 is 6.09 Å². The third-order valence-electron chi connectivity index (χ3n) is 4.48. The van der Waals surface area contributed by atoms with Crippen molar-refractivity contribution in [3.05, 3.63) is 0 Å². The number of amides is 1. The van der Waals surface area contributed by atoms with Gasteiger partial charge in [0.2, 0.25) is 0 Å². The fourth-order valence-electron chi connectivity index (χ4n) is 2.65. The third-order valence-corrected chi connectivity index (χ3v) is 4.48. The van der Waals surface area contributed by atoms with Crippen LogP contribution in [0.1, 0.15) is 53.9 Å². The number of ether oxygens (including phenoxy) is 1. The van der Waals surface area contributed by atoms with Gasteiger partial charge in [-0.05, 0) is 52.9 Å². The molecule has 0 aromatic carbocycles. The monoisotopic (exact) mass is 468 g/mol. The lowest BCUT2D eigenvalue weighted by Crippen LogP contribution is -2.46. The maximum absolute atomic E-state index is 12.1. The topological polar surface area (TPSA) is 57.2 Å². The van der Waals surface area contributed by atoms with Gasteiger partial charge < -0.3 is 19.9 Å². The molecule has 0 aromatic heterocycles. The van der Waals surface area contributed by atoms with Gasteiger partial charge in [0.25, 0.3) is 0 Å². The second-order valence-corrected chi connectivity index (χ2v) is 7.87. The van der Waals surface area contributed by atoms with E-state index in [-0.39, 0.29) is 36.1 Å². The molecular weight excluding hydrogens is 431 g/mol. The molecule has 1 N–H and O–H groups in total. The Hall–Kier alpha value is -0.730. The van der Waals surface area contributed by atoms with Crippen molar-refractivity contribution >= 4 is 36.0 Å². The molecule has 0 aliphatic carbocycles. The van der Waals surface area contributed by atoms with Crippen LogP contribution in [0.4, 0.5) is 4.79 Å². The summed E-state index contributed by atoms with van der Waals surface area (Å²) < 4.78 is 5.41. The van der Waals surface area contributed by atoms with E-state index in [0.29, 0.717) is 0 Å². The Morgan fingerprint density at radius 3 is 2.40 bits per heavy atom. The van der Waals surface area contributed by atoms with Gasteiger partial charge in [-0.25, -0.2) is 4.79 Å². The number of halogens is 1. The van der Waals surface area contributed by atoms with E-state index in [2.05, 4.69) is 22.1 Å². The minimum absolute atomic E-state index is 0. The quantitative estimate of drug-likeness (QED) is 0.390. The molecule has 1 unspecified atom stereocenters. The Morgan fingerprint density at radius 2 is 1.92 bits per heavy atom. The number of hydrogen-bond donors (Lipinski definition) is 1. The molecule has 148 valence electrons. The number of nitrogens with zero attached hydrogens (tertiary/aromatic N) is 3. The van der Waals surface area contributed by atoms with Crippen LogP contribution in [0.15, 0.2) is 4.99 Å². The van der Waals surface area contributed by atoms with Crippen LogP contribution in [-0.2, 0) is 4.74 Å². The second kappa shape index (κ2) is 11.1. The van der Waals surface area contributed by atoms with Crippen molar-refractivity contribution in [1.29, 1.82) is 0 Å². The number of rotatable bonds is 4. The summed E-state index contributed by atoms with van der Waals surface area (Å²) in [5.74, 6) is 1.77. The largest absolute Gasteiger partial charge is 0.444 e. The van der Waals surface area contributed by atoms with Gasteiger partial charge in [0.15, 0.2) is 5.96 Å². The summed E-state index contributed by atoms with van der Waals surface area (Å²) in [5, 5.41) is 3.42. The zero-order valence-corrected chi connectivity index (χ0v) is 19.3. The first-order valence-corrected chi connectivity index (χ1v) is 9.05. The normalized spacial score (nSPS) is 17.6. The Morgan fingerprint density at radius 1 is 1.36 bits per heavy atom. The molecule has 1 amide bonds. The van der Waals surface area contributed by atoms with E-state index in [9.17, 15) is 4.79 Å². The SMILES string of the molecule is CN=C(NCCC(C)N(C)C(=O)OC(C)(C)C)N1CCC(C)CC1.I. The molecule has 0 aromatic rings. The number of carbonyl (C=O) groups excluding carboxylic acids is 1. The van der Waals surface area contributed by atoms with Gasteiger partial charge in [-0.15, -0.1) is 24.0 Å². The van der Waals surface area contributed by atoms with Crippen LogP contribution in [0, 0.1) is 5.92 Å². The lowest BCUT2D eigenvalue weighted by molar-refractivity contribution is 0.0230. The Bertz CT molecular complexity index is 429. The number of likely N-dealkylation sites (tertiary alicyclic amines) is 1. The first-order valence-electron chi connectivity index (χ1n) is 9.05. The highest BCUT2D eigenvalue weighted by Crippen LogP contribution is 2.16. The van der Waals surface area contributed by atoms with Crippen molar-refractivity contribution in [3.8, 4) is 0 Å². The standard InChI is InChI=1S/C18H36N4O2.HI/c1-14-9-12-22(13-10-14)16(19-6)20-11-8-15(2)21(7)17(23)24-18(3,4)5;/h14-15H,8-13H2,1-7H3,(H,19,20);1H. The average molecular weight is 468 g/mol.